The number of hydrogen-bond acceptors (Lipinski definition) is 6. The van der Waals surface area contributed by atoms with Crippen LogP contribution in [0.1, 0.15) is 0 Å². The highest BCUT2D eigenvalue weighted by atomic mass is 32.2. The number of primary sulfonamides is 1. The number of carbonyl (C=O) groups is 1. The molecule has 3 aromatic rings. The molecular formula is C17H18N4O4S2. The number of fused-ring (bicyclic) bond motifs is 1. The molecule has 0 aliphatic carbocycles. The predicted octanol–water partition coefficient (Wildman–Crippen LogP) is 1.96. The Balaban J connectivity index is 1.72. The second-order valence-electron chi connectivity index (χ2n) is 5.72. The summed E-state index contributed by atoms with van der Waals surface area (Å²) in [6.07, 6.45) is 0. The molecule has 0 saturated heterocycles. The van der Waals surface area contributed by atoms with Crippen molar-refractivity contribution in [2.24, 2.45) is 12.2 Å². The highest BCUT2D eigenvalue weighted by Gasteiger charge is 2.14. The Kier molecular flexibility index (Phi) is 5.40. The van der Waals surface area contributed by atoms with Gasteiger partial charge in [-0.05, 0) is 30.3 Å². The van der Waals surface area contributed by atoms with Gasteiger partial charge in [0.05, 0.1) is 28.8 Å². The summed E-state index contributed by atoms with van der Waals surface area (Å²) in [5.41, 5.74) is 1.89. The molecule has 1 heterocycles. The van der Waals surface area contributed by atoms with E-state index in [-0.39, 0.29) is 16.6 Å². The van der Waals surface area contributed by atoms with Crippen molar-refractivity contribution >= 4 is 44.4 Å². The third kappa shape index (κ3) is 4.41. The van der Waals surface area contributed by atoms with E-state index in [9.17, 15) is 13.2 Å². The minimum Gasteiger partial charge on any atom is -0.497 e. The van der Waals surface area contributed by atoms with Crippen molar-refractivity contribution in [3.63, 3.8) is 0 Å². The van der Waals surface area contributed by atoms with Gasteiger partial charge in [0.1, 0.15) is 5.75 Å². The summed E-state index contributed by atoms with van der Waals surface area (Å²) in [6.45, 7) is 0. The van der Waals surface area contributed by atoms with Crippen LogP contribution in [0.2, 0.25) is 0 Å². The molecule has 0 saturated carbocycles. The van der Waals surface area contributed by atoms with Gasteiger partial charge in [-0.3, -0.25) is 4.79 Å². The minimum absolute atomic E-state index is 0.000387. The van der Waals surface area contributed by atoms with Gasteiger partial charge in [-0.2, -0.15) is 0 Å². The van der Waals surface area contributed by atoms with Gasteiger partial charge in [-0.25, -0.2) is 18.5 Å². The first-order valence-corrected chi connectivity index (χ1v) is 10.4. The topological polar surface area (TPSA) is 116 Å². The van der Waals surface area contributed by atoms with Crippen LogP contribution in [0.5, 0.6) is 5.75 Å². The number of rotatable bonds is 6. The van der Waals surface area contributed by atoms with Crippen molar-refractivity contribution < 1.29 is 17.9 Å². The SMILES string of the molecule is COc1cccc(NC(=O)CSc2nc3cc(S(N)(=O)=O)ccc3n2C)c1. The lowest BCUT2D eigenvalue weighted by molar-refractivity contribution is -0.113. The van der Waals surface area contributed by atoms with Crippen molar-refractivity contribution in [3.05, 3.63) is 42.5 Å². The molecule has 27 heavy (non-hydrogen) atoms. The smallest absolute Gasteiger partial charge is 0.238 e. The van der Waals surface area contributed by atoms with Crippen LogP contribution >= 0.6 is 11.8 Å². The van der Waals surface area contributed by atoms with Crippen LogP contribution in [0.25, 0.3) is 11.0 Å². The molecule has 0 bridgehead atoms. The third-order valence-electron chi connectivity index (χ3n) is 3.83. The molecule has 0 aliphatic rings. The number of amides is 1. The lowest BCUT2D eigenvalue weighted by Crippen LogP contribution is -2.14. The van der Waals surface area contributed by atoms with Crippen LogP contribution in [0.4, 0.5) is 5.69 Å². The Morgan fingerprint density at radius 3 is 2.78 bits per heavy atom. The fraction of sp³-hybridized carbons (Fsp3) is 0.176. The van der Waals surface area contributed by atoms with Gasteiger partial charge >= 0.3 is 0 Å². The molecule has 0 spiro atoms. The number of nitrogens with zero attached hydrogens (tertiary/aromatic N) is 2. The van der Waals surface area contributed by atoms with Gasteiger partial charge in [-0.1, -0.05) is 17.8 Å². The Labute approximate surface area is 160 Å². The summed E-state index contributed by atoms with van der Waals surface area (Å²) < 4.78 is 29.9. The summed E-state index contributed by atoms with van der Waals surface area (Å²) in [5, 5.41) is 8.55. The number of anilines is 1. The van der Waals surface area contributed by atoms with Gasteiger partial charge < -0.3 is 14.6 Å². The maximum Gasteiger partial charge on any atom is 0.238 e. The Bertz CT molecular complexity index is 1110. The van der Waals surface area contributed by atoms with Crippen molar-refractivity contribution in [2.45, 2.75) is 10.1 Å². The average Bonchev–Trinajstić information content (AvgIpc) is 2.95. The molecule has 0 atom stereocenters. The monoisotopic (exact) mass is 406 g/mol. The molecule has 0 aliphatic heterocycles. The molecule has 1 aromatic heterocycles. The Morgan fingerprint density at radius 1 is 1.30 bits per heavy atom. The van der Waals surface area contributed by atoms with Crippen molar-refractivity contribution in [1.29, 1.82) is 0 Å². The van der Waals surface area contributed by atoms with Crippen molar-refractivity contribution in [1.82, 2.24) is 9.55 Å². The van der Waals surface area contributed by atoms with Gasteiger partial charge in [0, 0.05) is 18.8 Å². The molecule has 0 unspecified atom stereocenters. The zero-order valence-electron chi connectivity index (χ0n) is 14.7. The molecule has 10 heteroatoms. The van der Waals surface area contributed by atoms with E-state index in [4.69, 9.17) is 9.88 Å². The van der Waals surface area contributed by atoms with E-state index in [1.807, 2.05) is 0 Å². The number of imidazole rings is 1. The van der Waals surface area contributed by atoms with Crippen LogP contribution in [0, 0.1) is 0 Å². The first-order valence-electron chi connectivity index (χ1n) is 7.84. The van der Waals surface area contributed by atoms with Crippen LogP contribution in [0.15, 0.2) is 52.5 Å². The van der Waals surface area contributed by atoms with Gasteiger partial charge in [0.25, 0.3) is 0 Å². The first kappa shape index (κ1) is 19.2. The zero-order chi connectivity index (χ0) is 19.6. The fourth-order valence-corrected chi connectivity index (χ4v) is 3.81. The lowest BCUT2D eigenvalue weighted by atomic mass is 10.3. The Morgan fingerprint density at radius 2 is 2.07 bits per heavy atom. The van der Waals surface area contributed by atoms with Crippen LogP contribution < -0.4 is 15.2 Å². The summed E-state index contributed by atoms with van der Waals surface area (Å²) in [5.74, 6) is 0.614. The quantitative estimate of drug-likeness (QED) is 0.605. The van der Waals surface area contributed by atoms with E-state index in [0.29, 0.717) is 22.1 Å². The number of ether oxygens (including phenoxy) is 1. The highest BCUT2D eigenvalue weighted by Crippen LogP contribution is 2.25. The molecule has 8 nitrogen and oxygen atoms in total. The first-order chi connectivity index (χ1) is 12.8. The third-order valence-corrected chi connectivity index (χ3v) is 5.77. The van der Waals surface area contributed by atoms with Gasteiger partial charge in [-0.15, -0.1) is 0 Å². The van der Waals surface area contributed by atoms with Crippen molar-refractivity contribution in [3.8, 4) is 5.75 Å². The molecule has 0 fully saturated rings. The summed E-state index contributed by atoms with van der Waals surface area (Å²) in [7, 11) is -0.435. The normalized spacial score (nSPS) is 11.5. The number of sulfonamides is 1. The second-order valence-corrected chi connectivity index (χ2v) is 8.22. The fourth-order valence-electron chi connectivity index (χ4n) is 2.49. The van der Waals surface area contributed by atoms with E-state index in [2.05, 4.69) is 10.3 Å². The van der Waals surface area contributed by atoms with Crippen LogP contribution in [-0.2, 0) is 21.9 Å². The zero-order valence-corrected chi connectivity index (χ0v) is 16.3. The summed E-state index contributed by atoms with van der Waals surface area (Å²) in [4.78, 5) is 16.6. The van der Waals surface area contributed by atoms with E-state index >= 15 is 0 Å². The predicted molar refractivity (Wildman–Crippen MR) is 104 cm³/mol. The number of nitrogens with two attached hydrogens (primary N) is 1. The van der Waals surface area contributed by atoms with Gasteiger partial charge in [0.15, 0.2) is 5.16 Å². The highest BCUT2D eigenvalue weighted by molar-refractivity contribution is 7.99. The van der Waals surface area contributed by atoms with Crippen molar-refractivity contribution in [2.75, 3.05) is 18.2 Å². The van der Waals surface area contributed by atoms with Crippen LogP contribution in [0.3, 0.4) is 0 Å². The van der Waals surface area contributed by atoms with E-state index in [1.165, 1.54) is 23.9 Å². The molecule has 3 N–H and O–H groups in total. The second kappa shape index (κ2) is 7.59. The number of aromatic nitrogens is 2. The number of thioether (sulfide) groups is 1. The summed E-state index contributed by atoms with van der Waals surface area (Å²) in [6, 6.07) is 11.6. The standard InChI is InChI=1S/C17H18N4O4S2/c1-21-15-7-6-13(27(18,23)24)9-14(15)20-17(21)26-10-16(22)19-11-4-3-5-12(8-11)25-2/h3-9H,10H2,1-2H3,(H,19,22)(H2,18,23,24). The molecule has 1 amide bonds. The van der Waals surface area contributed by atoms with Gasteiger partial charge in [0.2, 0.25) is 15.9 Å². The molecule has 2 aromatic carbocycles. The number of carbonyl (C=O) groups excluding carboxylic acids is 1. The number of methoxy groups -OCH3 is 1. The lowest BCUT2D eigenvalue weighted by Gasteiger charge is -2.07. The Hall–Kier alpha value is -2.56. The average molecular weight is 406 g/mol. The van der Waals surface area contributed by atoms with E-state index in [0.717, 1.165) is 5.52 Å². The number of aryl methyl sites for hydroxylation is 1. The molecular weight excluding hydrogens is 388 g/mol. The molecule has 0 radical (unpaired) electrons. The molecule has 142 valence electrons. The maximum atomic E-state index is 12.2. The number of nitrogens with one attached hydrogen (secondary N) is 1. The number of benzene rings is 2. The minimum atomic E-state index is -3.79. The summed E-state index contributed by atoms with van der Waals surface area (Å²) >= 11 is 1.25. The maximum absolute atomic E-state index is 12.2. The van der Waals surface area contributed by atoms with E-state index < -0.39 is 10.0 Å². The largest absolute Gasteiger partial charge is 0.497 e. The number of hydrogen-bond donors (Lipinski definition) is 2. The van der Waals surface area contributed by atoms with E-state index in [1.54, 1.807) is 49.1 Å². The molecule has 3 rings (SSSR count). The van der Waals surface area contributed by atoms with Crippen LogP contribution in [-0.4, -0.2) is 36.7 Å².